The van der Waals surface area contributed by atoms with Crippen molar-refractivity contribution in [3.63, 3.8) is 0 Å². The number of amides is 2. The summed E-state index contributed by atoms with van der Waals surface area (Å²) >= 11 is 0. The van der Waals surface area contributed by atoms with Crippen molar-refractivity contribution < 1.29 is 27.2 Å². The average Bonchev–Trinajstić information content (AvgIpc) is 3.18. The number of primary sulfonamides is 1. The van der Waals surface area contributed by atoms with E-state index in [1.54, 1.807) is 4.90 Å². The van der Waals surface area contributed by atoms with E-state index in [4.69, 9.17) is 14.3 Å². The number of hydrogen-bond acceptors (Lipinski definition) is 8. The number of piperidine rings is 1. The van der Waals surface area contributed by atoms with Gasteiger partial charge in [0.25, 0.3) is 0 Å². The van der Waals surface area contributed by atoms with Gasteiger partial charge >= 0.3 is 12.1 Å². The highest BCUT2D eigenvalue weighted by Crippen LogP contribution is 2.31. The molecule has 162 valence electrons. The standard InChI is InChI=1S/C17H27N5O6S/c1-17(2,3)28-16(24)21-6-4-12(5-7-21)14-19-20-15(27-14)22-9-11(8-13(22)23)10-29(18,25)26/h11-12H,4-10H2,1-3H3,(H2,18,25,26). The van der Waals surface area contributed by atoms with E-state index in [0.29, 0.717) is 31.8 Å². The van der Waals surface area contributed by atoms with Gasteiger partial charge in [0.05, 0.1) is 5.75 Å². The fourth-order valence-corrected chi connectivity index (χ4v) is 4.42. The fraction of sp³-hybridized carbons (Fsp3) is 0.765. The number of carbonyl (C=O) groups is 2. The Morgan fingerprint density at radius 1 is 1.28 bits per heavy atom. The van der Waals surface area contributed by atoms with Crippen LogP contribution in [0, 0.1) is 5.92 Å². The monoisotopic (exact) mass is 429 g/mol. The molecule has 11 nitrogen and oxygen atoms in total. The van der Waals surface area contributed by atoms with E-state index in [0.717, 1.165) is 0 Å². The van der Waals surface area contributed by atoms with Crippen molar-refractivity contribution in [2.45, 2.75) is 51.6 Å². The van der Waals surface area contributed by atoms with Crippen molar-refractivity contribution in [3.05, 3.63) is 5.89 Å². The SMILES string of the molecule is CC(C)(C)OC(=O)N1CCC(c2nnc(N3CC(CS(N)(=O)=O)CC3=O)o2)CC1. The molecule has 1 aromatic heterocycles. The van der Waals surface area contributed by atoms with Crippen molar-refractivity contribution in [1.29, 1.82) is 0 Å². The van der Waals surface area contributed by atoms with Crippen LogP contribution in [0.3, 0.4) is 0 Å². The average molecular weight is 429 g/mol. The van der Waals surface area contributed by atoms with Crippen LogP contribution in [0.15, 0.2) is 4.42 Å². The van der Waals surface area contributed by atoms with Gasteiger partial charge in [-0.05, 0) is 33.6 Å². The van der Waals surface area contributed by atoms with Crippen LogP contribution in [0.4, 0.5) is 10.8 Å². The Kier molecular flexibility index (Phi) is 5.86. The number of anilines is 1. The second-order valence-electron chi connectivity index (χ2n) is 8.57. The van der Waals surface area contributed by atoms with Crippen molar-refractivity contribution in [2.75, 3.05) is 30.3 Å². The van der Waals surface area contributed by atoms with Gasteiger partial charge in [0.2, 0.25) is 21.8 Å². The summed E-state index contributed by atoms with van der Waals surface area (Å²) in [6.45, 7) is 6.67. The zero-order valence-electron chi connectivity index (χ0n) is 16.8. The predicted octanol–water partition coefficient (Wildman–Crippen LogP) is 0.826. The third kappa shape index (κ3) is 5.66. The Balaban J connectivity index is 1.57. The van der Waals surface area contributed by atoms with Crippen molar-refractivity contribution in [1.82, 2.24) is 15.1 Å². The second kappa shape index (κ2) is 7.90. The number of carbonyl (C=O) groups excluding carboxylic acids is 2. The van der Waals surface area contributed by atoms with Gasteiger partial charge < -0.3 is 14.1 Å². The topological polar surface area (TPSA) is 149 Å². The van der Waals surface area contributed by atoms with Crippen molar-refractivity contribution in [3.8, 4) is 0 Å². The summed E-state index contributed by atoms with van der Waals surface area (Å²) in [7, 11) is -3.66. The maximum atomic E-state index is 12.2. The number of likely N-dealkylation sites (tertiary alicyclic amines) is 1. The highest BCUT2D eigenvalue weighted by atomic mass is 32.2. The third-order valence-corrected chi connectivity index (χ3v) is 5.77. The van der Waals surface area contributed by atoms with E-state index in [1.807, 2.05) is 20.8 Å². The van der Waals surface area contributed by atoms with Crippen LogP contribution in [-0.4, -0.2) is 66.5 Å². The smallest absolute Gasteiger partial charge is 0.410 e. The van der Waals surface area contributed by atoms with E-state index < -0.39 is 21.5 Å². The highest BCUT2D eigenvalue weighted by Gasteiger charge is 2.36. The van der Waals surface area contributed by atoms with Crippen LogP contribution in [0.5, 0.6) is 0 Å². The molecule has 0 bridgehead atoms. The summed E-state index contributed by atoms with van der Waals surface area (Å²) < 4.78 is 33.6. The molecular weight excluding hydrogens is 402 g/mol. The van der Waals surface area contributed by atoms with Gasteiger partial charge in [-0.2, -0.15) is 0 Å². The van der Waals surface area contributed by atoms with Crippen LogP contribution in [-0.2, 0) is 19.6 Å². The number of nitrogens with two attached hydrogens (primary N) is 1. The number of ether oxygens (including phenoxy) is 1. The molecule has 3 heterocycles. The normalized spacial score (nSPS) is 21.7. The quantitative estimate of drug-likeness (QED) is 0.739. The number of aromatic nitrogens is 2. The maximum absolute atomic E-state index is 12.2. The molecule has 2 aliphatic rings. The maximum Gasteiger partial charge on any atom is 0.410 e. The lowest BCUT2D eigenvalue weighted by Gasteiger charge is -2.32. The summed E-state index contributed by atoms with van der Waals surface area (Å²) in [5, 5.41) is 13.1. The van der Waals surface area contributed by atoms with E-state index in [1.165, 1.54) is 4.90 Å². The van der Waals surface area contributed by atoms with Crippen molar-refractivity contribution >= 4 is 28.0 Å². The first-order valence-electron chi connectivity index (χ1n) is 9.53. The molecule has 12 heteroatoms. The molecule has 2 saturated heterocycles. The number of hydrogen-bond donors (Lipinski definition) is 1. The van der Waals surface area contributed by atoms with Crippen LogP contribution in [0.25, 0.3) is 0 Å². The van der Waals surface area contributed by atoms with Crippen molar-refractivity contribution in [2.24, 2.45) is 11.1 Å². The van der Waals surface area contributed by atoms with E-state index in [9.17, 15) is 18.0 Å². The lowest BCUT2D eigenvalue weighted by molar-refractivity contribution is -0.117. The Morgan fingerprint density at radius 3 is 2.52 bits per heavy atom. The lowest BCUT2D eigenvalue weighted by atomic mass is 9.97. The summed E-state index contributed by atoms with van der Waals surface area (Å²) in [6, 6.07) is 0.0662. The van der Waals surface area contributed by atoms with Gasteiger partial charge in [-0.15, -0.1) is 5.10 Å². The zero-order valence-corrected chi connectivity index (χ0v) is 17.6. The van der Waals surface area contributed by atoms with Crippen LogP contribution >= 0.6 is 0 Å². The Labute approximate surface area is 169 Å². The molecule has 0 aromatic carbocycles. The minimum Gasteiger partial charge on any atom is -0.444 e. The van der Waals surface area contributed by atoms with Gasteiger partial charge in [-0.1, -0.05) is 5.10 Å². The molecule has 1 unspecified atom stereocenters. The first kappa shape index (κ1) is 21.5. The Hall–Kier alpha value is -2.21. The number of rotatable bonds is 4. The van der Waals surface area contributed by atoms with E-state index in [-0.39, 0.29) is 42.7 Å². The van der Waals surface area contributed by atoms with E-state index >= 15 is 0 Å². The molecule has 1 atom stereocenters. The van der Waals surface area contributed by atoms with Gasteiger partial charge in [0, 0.05) is 37.9 Å². The summed E-state index contributed by atoms with van der Waals surface area (Å²) in [5.74, 6) is -0.544. The van der Waals surface area contributed by atoms with Gasteiger partial charge in [0.1, 0.15) is 5.60 Å². The lowest BCUT2D eigenvalue weighted by Crippen LogP contribution is -2.41. The molecule has 0 saturated carbocycles. The molecule has 2 N–H and O–H groups in total. The van der Waals surface area contributed by atoms with E-state index in [2.05, 4.69) is 10.2 Å². The molecular formula is C17H27N5O6S. The molecule has 3 rings (SSSR count). The molecule has 1 aromatic rings. The molecule has 2 aliphatic heterocycles. The third-order valence-electron chi connectivity index (χ3n) is 4.83. The fourth-order valence-electron chi connectivity index (χ4n) is 3.54. The summed E-state index contributed by atoms with van der Waals surface area (Å²) in [5.41, 5.74) is -0.543. The zero-order chi connectivity index (χ0) is 21.4. The largest absolute Gasteiger partial charge is 0.444 e. The minimum absolute atomic E-state index is 0.0205. The first-order chi connectivity index (χ1) is 13.4. The summed E-state index contributed by atoms with van der Waals surface area (Å²) in [4.78, 5) is 27.3. The van der Waals surface area contributed by atoms with Crippen LogP contribution in [0.2, 0.25) is 0 Å². The molecule has 0 aliphatic carbocycles. The van der Waals surface area contributed by atoms with Gasteiger partial charge in [-0.3, -0.25) is 9.69 Å². The first-order valence-corrected chi connectivity index (χ1v) is 11.2. The molecule has 2 fully saturated rings. The van der Waals surface area contributed by atoms with Crippen LogP contribution in [0.1, 0.15) is 51.8 Å². The molecule has 0 radical (unpaired) electrons. The van der Waals surface area contributed by atoms with Gasteiger partial charge in [0.15, 0.2) is 0 Å². The highest BCUT2D eigenvalue weighted by molar-refractivity contribution is 7.89. The van der Waals surface area contributed by atoms with Gasteiger partial charge in [-0.25, -0.2) is 18.4 Å². The Bertz CT molecular complexity index is 869. The molecule has 29 heavy (non-hydrogen) atoms. The molecule has 0 spiro atoms. The minimum atomic E-state index is -3.66. The second-order valence-corrected chi connectivity index (χ2v) is 10.2. The summed E-state index contributed by atoms with van der Waals surface area (Å²) in [6.07, 6.45) is 1.01. The number of nitrogens with zero attached hydrogens (tertiary/aromatic N) is 4. The number of sulfonamides is 1. The molecule has 2 amide bonds. The van der Waals surface area contributed by atoms with Crippen LogP contribution < -0.4 is 10.0 Å². The predicted molar refractivity (Wildman–Crippen MR) is 103 cm³/mol. The Morgan fingerprint density at radius 2 is 1.93 bits per heavy atom.